The third-order valence-corrected chi connectivity index (χ3v) is 3.92. The van der Waals surface area contributed by atoms with Crippen molar-refractivity contribution in [2.24, 2.45) is 22.2 Å². The second kappa shape index (κ2) is 13.7. The Balaban J connectivity index is 4.31. The van der Waals surface area contributed by atoms with Crippen LogP contribution < -0.4 is 17.2 Å². The number of aldehydes is 1. The quantitative estimate of drug-likeness (QED) is 0.136. The number of unbranched alkanes of at least 4 members (excludes halogenated alkanes) is 5. The van der Waals surface area contributed by atoms with Gasteiger partial charge in [0.15, 0.2) is 5.96 Å². The van der Waals surface area contributed by atoms with Gasteiger partial charge < -0.3 is 27.1 Å². The molecule has 27 heavy (non-hydrogen) atoms. The third-order valence-electron chi connectivity index (χ3n) is 3.92. The molecule has 2 amide bonds. The molecule has 2 atom stereocenters. The number of carbonyl (C=O) groups excluding carboxylic acids is 3. The van der Waals surface area contributed by atoms with Crippen molar-refractivity contribution < 1.29 is 24.3 Å². The number of hydrogen-bond acceptors (Lipinski definition) is 6. The maximum absolute atomic E-state index is 12.3. The number of aliphatic carboxylic acids is 1. The lowest BCUT2D eigenvalue weighted by molar-refractivity contribution is -0.152. The fourth-order valence-corrected chi connectivity index (χ4v) is 2.49. The molecular formula is C17H31N5O5. The zero-order chi connectivity index (χ0) is 20.8. The minimum absolute atomic E-state index is 0.0836. The Morgan fingerprint density at radius 3 is 2.15 bits per heavy atom. The second-order valence-electron chi connectivity index (χ2n) is 6.36. The van der Waals surface area contributed by atoms with Crippen LogP contribution in [0, 0.1) is 0 Å². The van der Waals surface area contributed by atoms with Gasteiger partial charge in [0.25, 0.3) is 0 Å². The molecule has 0 radical (unpaired) electrons. The van der Waals surface area contributed by atoms with Gasteiger partial charge in [0.2, 0.25) is 11.8 Å². The summed E-state index contributed by atoms with van der Waals surface area (Å²) in [7, 11) is 0. The fourth-order valence-electron chi connectivity index (χ4n) is 2.49. The number of carbonyl (C=O) groups is 4. The molecule has 0 spiro atoms. The van der Waals surface area contributed by atoms with Crippen LogP contribution in [-0.2, 0) is 19.2 Å². The number of rotatable bonds is 14. The highest BCUT2D eigenvalue weighted by Gasteiger charge is 2.31. The van der Waals surface area contributed by atoms with Gasteiger partial charge in [-0.1, -0.05) is 25.7 Å². The summed E-state index contributed by atoms with van der Waals surface area (Å²) in [5.41, 5.74) is 16.0. The molecule has 0 heterocycles. The molecule has 154 valence electrons. The van der Waals surface area contributed by atoms with E-state index in [0.717, 1.165) is 37.0 Å². The summed E-state index contributed by atoms with van der Waals surface area (Å²) in [6.07, 6.45) is 5.07. The van der Waals surface area contributed by atoms with Crippen LogP contribution in [0.15, 0.2) is 4.99 Å². The molecule has 0 aliphatic heterocycles. The molecule has 0 rings (SSSR count). The van der Waals surface area contributed by atoms with Crippen molar-refractivity contribution in [2.75, 3.05) is 6.54 Å². The van der Waals surface area contributed by atoms with Crippen molar-refractivity contribution in [3.05, 3.63) is 0 Å². The SMILES string of the molecule is C[C@@H](C=O)N(C(=O)CCCCCCCCN=C(N)N)C(=O)[C@@H](N)CC(=O)O. The fraction of sp³-hybridized carbons (Fsp3) is 0.706. The Kier molecular flexibility index (Phi) is 12.4. The Labute approximate surface area is 159 Å². The maximum Gasteiger partial charge on any atom is 0.305 e. The molecule has 0 fully saturated rings. The Bertz CT molecular complexity index is 534. The topological polar surface area (TPSA) is 182 Å². The van der Waals surface area contributed by atoms with Gasteiger partial charge in [-0.2, -0.15) is 0 Å². The van der Waals surface area contributed by atoms with Gasteiger partial charge in [-0.15, -0.1) is 0 Å². The lowest BCUT2D eigenvalue weighted by Crippen LogP contribution is -2.51. The summed E-state index contributed by atoms with van der Waals surface area (Å²) in [5.74, 6) is -2.53. The van der Waals surface area contributed by atoms with E-state index in [1.165, 1.54) is 6.92 Å². The molecule has 7 N–H and O–H groups in total. The zero-order valence-corrected chi connectivity index (χ0v) is 15.8. The summed E-state index contributed by atoms with van der Waals surface area (Å²) in [6.45, 7) is 1.99. The van der Waals surface area contributed by atoms with Crippen LogP contribution in [0.1, 0.15) is 58.3 Å². The van der Waals surface area contributed by atoms with Gasteiger partial charge in [-0.25, -0.2) is 0 Å². The van der Waals surface area contributed by atoms with Gasteiger partial charge in [-0.05, 0) is 19.8 Å². The normalized spacial score (nSPS) is 12.7. The Morgan fingerprint density at radius 2 is 1.63 bits per heavy atom. The van der Waals surface area contributed by atoms with Crippen LogP contribution in [-0.4, -0.2) is 58.7 Å². The van der Waals surface area contributed by atoms with Crippen molar-refractivity contribution in [3.8, 4) is 0 Å². The molecule has 0 aliphatic rings. The molecule has 0 unspecified atom stereocenters. The van der Waals surface area contributed by atoms with Crippen molar-refractivity contribution in [3.63, 3.8) is 0 Å². The highest BCUT2D eigenvalue weighted by atomic mass is 16.4. The second-order valence-corrected chi connectivity index (χ2v) is 6.36. The van der Waals surface area contributed by atoms with Crippen molar-refractivity contribution in [1.82, 2.24) is 4.90 Å². The minimum atomic E-state index is -1.36. The van der Waals surface area contributed by atoms with Gasteiger partial charge in [0.1, 0.15) is 6.29 Å². The summed E-state index contributed by atoms with van der Waals surface area (Å²) in [6, 6.07) is -2.35. The number of guanidine groups is 1. The van der Waals surface area contributed by atoms with Crippen LogP contribution in [0.4, 0.5) is 0 Å². The average Bonchev–Trinajstić information content (AvgIpc) is 2.59. The van der Waals surface area contributed by atoms with E-state index in [0.29, 0.717) is 19.3 Å². The maximum atomic E-state index is 12.3. The van der Waals surface area contributed by atoms with E-state index in [9.17, 15) is 19.2 Å². The molecular weight excluding hydrogens is 354 g/mol. The summed E-state index contributed by atoms with van der Waals surface area (Å²) < 4.78 is 0. The molecule has 10 heteroatoms. The number of amides is 2. The molecule has 0 aliphatic carbocycles. The number of imide groups is 1. The molecule has 0 bridgehead atoms. The van der Waals surface area contributed by atoms with Crippen LogP contribution in [0.3, 0.4) is 0 Å². The van der Waals surface area contributed by atoms with Crippen molar-refractivity contribution in [2.45, 2.75) is 70.4 Å². The first kappa shape index (κ1) is 24.5. The van der Waals surface area contributed by atoms with Gasteiger partial charge in [-0.3, -0.25) is 24.3 Å². The third kappa shape index (κ3) is 11.0. The molecule has 10 nitrogen and oxygen atoms in total. The number of nitrogens with zero attached hydrogens (tertiary/aromatic N) is 2. The number of carboxylic acid groups (broad SMARTS) is 1. The smallest absolute Gasteiger partial charge is 0.305 e. The highest BCUT2D eigenvalue weighted by molar-refractivity contribution is 6.01. The summed E-state index contributed by atoms with van der Waals surface area (Å²) in [4.78, 5) is 50.9. The van der Waals surface area contributed by atoms with E-state index in [1.54, 1.807) is 0 Å². The minimum Gasteiger partial charge on any atom is -0.481 e. The van der Waals surface area contributed by atoms with E-state index < -0.39 is 36.3 Å². The van der Waals surface area contributed by atoms with E-state index >= 15 is 0 Å². The van der Waals surface area contributed by atoms with E-state index in [1.807, 2.05) is 0 Å². The van der Waals surface area contributed by atoms with E-state index in [4.69, 9.17) is 22.3 Å². The molecule has 0 aromatic heterocycles. The number of hydrogen-bond donors (Lipinski definition) is 4. The van der Waals surface area contributed by atoms with Crippen molar-refractivity contribution in [1.29, 1.82) is 0 Å². The van der Waals surface area contributed by atoms with Crippen LogP contribution in [0.2, 0.25) is 0 Å². The first-order valence-corrected chi connectivity index (χ1v) is 9.04. The van der Waals surface area contributed by atoms with E-state index in [2.05, 4.69) is 4.99 Å². The monoisotopic (exact) mass is 385 g/mol. The largest absolute Gasteiger partial charge is 0.481 e. The molecule has 0 aromatic carbocycles. The predicted octanol–water partition coefficient (Wildman–Crippen LogP) is -0.265. The summed E-state index contributed by atoms with van der Waals surface area (Å²) >= 11 is 0. The van der Waals surface area contributed by atoms with Gasteiger partial charge in [0.05, 0.1) is 18.5 Å². The highest BCUT2D eigenvalue weighted by Crippen LogP contribution is 2.11. The zero-order valence-electron chi connectivity index (χ0n) is 15.8. The lowest BCUT2D eigenvalue weighted by Gasteiger charge is -2.26. The first-order valence-electron chi connectivity index (χ1n) is 9.04. The number of aliphatic imine (C=N–C) groups is 1. The first-order chi connectivity index (χ1) is 12.7. The Hall–Kier alpha value is -2.49. The number of nitrogens with two attached hydrogens (primary N) is 3. The van der Waals surface area contributed by atoms with Crippen molar-refractivity contribution >= 4 is 30.0 Å². The standard InChI is InChI=1S/C17H31N5O5/c1-12(11-23)22(16(27)13(18)10-15(25)26)14(24)8-6-4-2-3-5-7-9-21-17(19)20/h11-13H,2-10,18H2,1H3,(H,25,26)(H4,19,20,21)/t12-,13-/m0/s1. The van der Waals surface area contributed by atoms with E-state index in [-0.39, 0.29) is 12.4 Å². The average molecular weight is 385 g/mol. The molecule has 0 saturated carbocycles. The van der Waals surface area contributed by atoms with Crippen LogP contribution >= 0.6 is 0 Å². The number of carboxylic acids is 1. The summed E-state index contributed by atoms with van der Waals surface area (Å²) in [5, 5.41) is 8.73. The van der Waals surface area contributed by atoms with Crippen LogP contribution in [0.5, 0.6) is 0 Å². The van der Waals surface area contributed by atoms with Gasteiger partial charge >= 0.3 is 5.97 Å². The van der Waals surface area contributed by atoms with Gasteiger partial charge in [0, 0.05) is 13.0 Å². The molecule has 0 saturated heterocycles. The Morgan fingerprint density at radius 1 is 1.07 bits per heavy atom. The lowest BCUT2D eigenvalue weighted by atomic mass is 10.1. The molecule has 0 aromatic rings. The van der Waals surface area contributed by atoms with Crippen LogP contribution in [0.25, 0.3) is 0 Å². The predicted molar refractivity (Wildman–Crippen MR) is 101 cm³/mol.